The van der Waals surface area contributed by atoms with Crippen LogP contribution in [0.2, 0.25) is 0 Å². The van der Waals surface area contributed by atoms with Gasteiger partial charge in [0.2, 0.25) is 5.95 Å². The first-order valence-corrected chi connectivity index (χ1v) is 8.25. The molecule has 1 aromatic heterocycles. The molecule has 2 aromatic carbocycles. The van der Waals surface area contributed by atoms with Gasteiger partial charge in [0.1, 0.15) is 17.5 Å². The van der Waals surface area contributed by atoms with Crippen molar-refractivity contribution in [2.45, 2.75) is 19.8 Å². The van der Waals surface area contributed by atoms with Crippen LogP contribution in [0, 0.1) is 29.9 Å². The van der Waals surface area contributed by atoms with Crippen LogP contribution in [0.15, 0.2) is 42.5 Å². The number of nitrogens with zero attached hydrogens (tertiary/aromatic N) is 3. The molecule has 7 heteroatoms. The maximum atomic E-state index is 14.2. The topological polar surface area (TPSA) is 87.6 Å². The Kier molecular flexibility index (Phi) is 4.99. The highest BCUT2D eigenvalue weighted by Gasteiger charge is 2.22. The molecule has 27 heavy (non-hydrogen) atoms. The van der Waals surface area contributed by atoms with E-state index in [9.17, 15) is 8.78 Å². The third-order valence-corrected chi connectivity index (χ3v) is 4.33. The molecule has 0 spiro atoms. The molecular formula is C20H17F2N5. The number of halogens is 2. The van der Waals surface area contributed by atoms with Crippen molar-refractivity contribution >= 4 is 17.5 Å². The highest BCUT2D eigenvalue weighted by molar-refractivity contribution is 5.58. The van der Waals surface area contributed by atoms with Crippen molar-refractivity contribution < 1.29 is 8.78 Å². The summed E-state index contributed by atoms with van der Waals surface area (Å²) in [5.41, 5.74) is 8.11. The van der Waals surface area contributed by atoms with E-state index in [0.29, 0.717) is 22.5 Å². The maximum absolute atomic E-state index is 14.2. The smallest absolute Gasteiger partial charge is 0.229 e. The largest absolute Gasteiger partial charge is 0.383 e. The van der Waals surface area contributed by atoms with Crippen LogP contribution in [0.4, 0.5) is 26.2 Å². The van der Waals surface area contributed by atoms with Gasteiger partial charge in [0.05, 0.1) is 17.3 Å². The van der Waals surface area contributed by atoms with Crippen molar-refractivity contribution in [3.05, 3.63) is 76.5 Å². The first-order valence-electron chi connectivity index (χ1n) is 8.25. The average Bonchev–Trinajstić information content (AvgIpc) is 2.65. The lowest BCUT2D eigenvalue weighted by atomic mass is 9.93. The number of hydrogen-bond donors (Lipinski definition) is 2. The van der Waals surface area contributed by atoms with Crippen molar-refractivity contribution in [2.75, 3.05) is 11.1 Å². The molecule has 3 aromatic rings. The van der Waals surface area contributed by atoms with Crippen molar-refractivity contribution in [1.29, 1.82) is 5.26 Å². The summed E-state index contributed by atoms with van der Waals surface area (Å²) in [6, 6.07) is 12.5. The van der Waals surface area contributed by atoms with Gasteiger partial charge in [0.25, 0.3) is 0 Å². The van der Waals surface area contributed by atoms with Crippen LogP contribution >= 0.6 is 0 Å². The molecule has 0 amide bonds. The summed E-state index contributed by atoms with van der Waals surface area (Å²) in [5.74, 6) is -1.50. The minimum absolute atomic E-state index is 0.0666. The van der Waals surface area contributed by atoms with E-state index < -0.39 is 17.6 Å². The molecule has 0 bridgehead atoms. The van der Waals surface area contributed by atoms with Crippen LogP contribution < -0.4 is 11.1 Å². The second kappa shape index (κ2) is 7.38. The summed E-state index contributed by atoms with van der Waals surface area (Å²) in [4.78, 5) is 8.62. The van der Waals surface area contributed by atoms with Crippen molar-refractivity contribution in [3.8, 4) is 6.07 Å². The van der Waals surface area contributed by atoms with E-state index in [1.807, 2.05) is 6.07 Å². The van der Waals surface area contributed by atoms with Gasteiger partial charge in [-0.1, -0.05) is 13.0 Å². The van der Waals surface area contributed by atoms with Gasteiger partial charge >= 0.3 is 0 Å². The van der Waals surface area contributed by atoms with Gasteiger partial charge in [0.15, 0.2) is 0 Å². The highest BCUT2D eigenvalue weighted by atomic mass is 19.1. The molecule has 3 rings (SSSR count). The van der Waals surface area contributed by atoms with Gasteiger partial charge in [-0.15, -0.1) is 0 Å². The molecule has 0 aliphatic carbocycles. The maximum Gasteiger partial charge on any atom is 0.229 e. The second-order valence-electron chi connectivity index (χ2n) is 6.11. The van der Waals surface area contributed by atoms with Crippen molar-refractivity contribution in [3.63, 3.8) is 0 Å². The van der Waals surface area contributed by atoms with Crippen LogP contribution in [0.1, 0.15) is 35.2 Å². The number of anilines is 3. The first kappa shape index (κ1) is 18.3. The van der Waals surface area contributed by atoms with E-state index in [1.54, 1.807) is 38.1 Å². The van der Waals surface area contributed by atoms with E-state index in [2.05, 4.69) is 15.3 Å². The van der Waals surface area contributed by atoms with Crippen molar-refractivity contribution in [2.24, 2.45) is 0 Å². The molecule has 0 aliphatic heterocycles. The Morgan fingerprint density at radius 3 is 2.30 bits per heavy atom. The van der Waals surface area contributed by atoms with Gasteiger partial charge in [-0.3, -0.25) is 0 Å². The minimum Gasteiger partial charge on any atom is -0.383 e. The molecule has 5 nitrogen and oxygen atoms in total. The monoisotopic (exact) mass is 365 g/mol. The lowest BCUT2D eigenvalue weighted by Gasteiger charge is -2.18. The van der Waals surface area contributed by atoms with Gasteiger partial charge < -0.3 is 11.1 Å². The summed E-state index contributed by atoms with van der Waals surface area (Å²) < 4.78 is 28.4. The molecule has 136 valence electrons. The first-order chi connectivity index (χ1) is 12.9. The predicted molar refractivity (Wildman–Crippen MR) is 99.5 cm³/mol. The molecule has 0 saturated carbocycles. The summed E-state index contributed by atoms with van der Waals surface area (Å²) in [7, 11) is 0. The average molecular weight is 365 g/mol. The second-order valence-corrected chi connectivity index (χ2v) is 6.11. The fourth-order valence-electron chi connectivity index (χ4n) is 2.85. The molecule has 0 saturated heterocycles. The lowest BCUT2D eigenvalue weighted by molar-refractivity contribution is 0.544. The Hall–Kier alpha value is -3.53. The van der Waals surface area contributed by atoms with E-state index in [0.717, 1.165) is 0 Å². The number of hydrogen-bond acceptors (Lipinski definition) is 5. The number of nitriles is 1. The molecule has 0 radical (unpaired) electrons. The number of benzene rings is 2. The van der Waals surface area contributed by atoms with Crippen LogP contribution in [-0.2, 0) is 0 Å². The van der Waals surface area contributed by atoms with Crippen LogP contribution in [0.5, 0.6) is 0 Å². The molecule has 1 heterocycles. The zero-order valence-electron chi connectivity index (χ0n) is 14.8. The van der Waals surface area contributed by atoms with Crippen molar-refractivity contribution in [1.82, 2.24) is 9.97 Å². The Balaban J connectivity index is 2.00. The van der Waals surface area contributed by atoms with Crippen LogP contribution in [0.25, 0.3) is 0 Å². The Morgan fingerprint density at radius 1 is 1.07 bits per heavy atom. The van der Waals surface area contributed by atoms with Crippen LogP contribution in [-0.4, -0.2) is 9.97 Å². The normalized spacial score (nSPS) is 11.7. The molecule has 3 N–H and O–H groups in total. The van der Waals surface area contributed by atoms with E-state index >= 15 is 0 Å². The SMILES string of the molecule is Cc1c(N)nc(Nc2ccc(C#N)cc2)nc1[C@H](C)c1c(F)cccc1F. The lowest BCUT2D eigenvalue weighted by Crippen LogP contribution is -2.12. The number of rotatable bonds is 4. The minimum atomic E-state index is -0.655. The van der Waals surface area contributed by atoms with Gasteiger partial charge in [-0.05, 0) is 43.3 Å². The van der Waals surface area contributed by atoms with Gasteiger partial charge in [0, 0.05) is 22.7 Å². The molecular weight excluding hydrogens is 348 g/mol. The third kappa shape index (κ3) is 3.70. The predicted octanol–water partition coefficient (Wildman–Crippen LogP) is 4.41. The van der Waals surface area contributed by atoms with E-state index in [1.165, 1.54) is 18.2 Å². The zero-order valence-corrected chi connectivity index (χ0v) is 14.8. The van der Waals surface area contributed by atoms with E-state index in [-0.39, 0.29) is 17.3 Å². The number of nitrogen functional groups attached to an aromatic ring is 1. The third-order valence-electron chi connectivity index (χ3n) is 4.33. The summed E-state index contributed by atoms with van der Waals surface area (Å²) >= 11 is 0. The highest BCUT2D eigenvalue weighted by Crippen LogP contribution is 2.31. The Morgan fingerprint density at radius 2 is 1.70 bits per heavy atom. The molecule has 1 atom stereocenters. The molecule has 0 fully saturated rings. The van der Waals surface area contributed by atoms with E-state index in [4.69, 9.17) is 11.0 Å². The van der Waals surface area contributed by atoms with Crippen LogP contribution in [0.3, 0.4) is 0 Å². The summed E-state index contributed by atoms with van der Waals surface area (Å²) in [6.07, 6.45) is 0. The van der Waals surface area contributed by atoms with Gasteiger partial charge in [-0.2, -0.15) is 10.2 Å². The number of nitrogens with two attached hydrogens (primary N) is 1. The zero-order chi connectivity index (χ0) is 19.6. The number of aromatic nitrogens is 2. The fraction of sp³-hybridized carbons (Fsp3) is 0.150. The molecule has 0 unspecified atom stereocenters. The standard InChI is InChI=1S/C20H17F2N5/c1-11(17-15(21)4-3-5-16(17)22)18-12(2)19(24)27-20(26-18)25-14-8-6-13(10-23)7-9-14/h3-9,11H,1-2H3,(H3,24,25,26,27)/t11-/m1/s1. The summed E-state index contributed by atoms with van der Waals surface area (Å²) in [6.45, 7) is 3.38. The Labute approximate surface area is 155 Å². The molecule has 0 aliphatic rings. The van der Waals surface area contributed by atoms with Gasteiger partial charge in [-0.25, -0.2) is 13.8 Å². The Bertz CT molecular complexity index is 1010. The summed E-state index contributed by atoms with van der Waals surface area (Å²) in [5, 5.41) is 11.9. The quantitative estimate of drug-likeness (QED) is 0.715. The number of nitrogens with one attached hydrogen (secondary N) is 1. The fourth-order valence-corrected chi connectivity index (χ4v) is 2.85.